The molecule has 0 aliphatic carbocycles. The molecule has 0 aromatic heterocycles. The zero-order chi connectivity index (χ0) is 11.5. The summed E-state index contributed by atoms with van der Waals surface area (Å²) in [5.41, 5.74) is 5.70. The summed E-state index contributed by atoms with van der Waals surface area (Å²) in [4.78, 5) is 0. The topological polar surface area (TPSA) is 15.3 Å². The average molecular weight is 235 g/mol. The van der Waals surface area contributed by atoms with Crippen molar-refractivity contribution >= 4 is 11.6 Å². The van der Waals surface area contributed by atoms with Gasteiger partial charge in [-0.05, 0) is 37.1 Å². The van der Waals surface area contributed by atoms with E-state index in [2.05, 4.69) is 43.5 Å². The summed E-state index contributed by atoms with van der Waals surface area (Å²) in [5.74, 6) is 0. The number of rotatable bonds is 2. The fourth-order valence-electron chi connectivity index (χ4n) is 1.85. The van der Waals surface area contributed by atoms with E-state index in [0.717, 1.165) is 0 Å². The fourth-order valence-corrected chi connectivity index (χ4v) is 2.02. The lowest BCUT2D eigenvalue weighted by Gasteiger charge is -2.31. The molecule has 0 bridgehead atoms. The average Bonchev–Trinajstić information content (AvgIpc) is 2.29. The Labute approximate surface area is 101 Å². The van der Waals surface area contributed by atoms with E-state index in [9.17, 15) is 0 Å². The highest BCUT2D eigenvalue weighted by atomic mass is 35.5. The van der Waals surface area contributed by atoms with Gasteiger partial charge in [-0.25, -0.2) is 0 Å². The van der Waals surface area contributed by atoms with Gasteiger partial charge in [0.05, 0.1) is 6.04 Å². The molecule has 84 valence electrons. The quantitative estimate of drug-likeness (QED) is 0.789. The van der Waals surface area contributed by atoms with Crippen LogP contribution in [0.5, 0.6) is 0 Å². The molecule has 1 aliphatic heterocycles. The van der Waals surface area contributed by atoms with Crippen LogP contribution in [0.25, 0.3) is 0 Å². The van der Waals surface area contributed by atoms with Gasteiger partial charge in [0.1, 0.15) is 5.16 Å². The number of halogens is 1. The van der Waals surface area contributed by atoms with Gasteiger partial charge in [0.2, 0.25) is 0 Å². The third-order valence-corrected chi connectivity index (χ3v) is 2.99. The van der Waals surface area contributed by atoms with Crippen LogP contribution >= 0.6 is 11.6 Å². The lowest BCUT2D eigenvalue weighted by atomic mass is 10.0. The van der Waals surface area contributed by atoms with E-state index < -0.39 is 0 Å². The maximum absolute atomic E-state index is 5.94. The number of hydrogen-bond acceptors (Lipinski definition) is 2. The van der Waals surface area contributed by atoms with Gasteiger partial charge < -0.3 is 0 Å². The standard InChI is InChI=1S/C13H15ClN2/c1-10-6-3-4-7-12(10)11(2)16-9-5-8-13(14)15-16/h3-9,11,15H,1-2H3. The molecular weight excluding hydrogens is 220 g/mol. The minimum absolute atomic E-state index is 0.250. The second-order valence-electron chi connectivity index (χ2n) is 3.91. The van der Waals surface area contributed by atoms with Crippen LogP contribution in [0.4, 0.5) is 0 Å². The first-order valence-electron chi connectivity index (χ1n) is 5.33. The smallest absolute Gasteiger partial charge is 0.120 e. The van der Waals surface area contributed by atoms with Crippen LogP contribution < -0.4 is 5.43 Å². The number of hydrazine groups is 1. The van der Waals surface area contributed by atoms with Crippen molar-refractivity contribution in [3.8, 4) is 0 Å². The monoisotopic (exact) mass is 234 g/mol. The Bertz CT molecular complexity index is 437. The van der Waals surface area contributed by atoms with E-state index in [4.69, 9.17) is 11.6 Å². The lowest BCUT2D eigenvalue weighted by molar-refractivity contribution is 0.237. The molecule has 1 heterocycles. The molecule has 0 amide bonds. The molecule has 0 saturated heterocycles. The van der Waals surface area contributed by atoms with Crippen LogP contribution in [0.15, 0.2) is 47.8 Å². The highest BCUT2D eigenvalue weighted by Gasteiger charge is 2.15. The van der Waals surface area contributed by atoms with Crippen LogP contribution in [0.2, 0.25) is 0 Å². The lowest BCUT2D eigenvalue weighted by Crippen LogP contribution is -2.35. The summed E-state index contributed by atoms with van der Waals surface area (Å²) in [6.45, 7) is 4.27. The first-order valence-corrected chi connectivity index (χ1v) is 5.71. The van der Waals surface area contributed by atoms with E-state index in [0.29, 0.717) is 5.16 Å². The first-order chi connectivity index (χ1) is 7.68. The molecule has 0 radical (unpaired) electrons. The second-order valence-corrected chi connectivity index (χ2v) is 4.31. The molecule has 16 heavy (non-hydrogen) atoms. The SMILES string of the molecule is Cc1ccccc1C(C)N1C=CC=C(Cl)N1. The van der Waals surface area contributed by atoms with Crippen molar-refractivity contribution in [1.29, 1.82) is 0 Å². The Kier molecular flexibility index (Phi) is 3.20. The van der Waals surface area contributed by atoms with Crippen LogP contribution in [-0.4, -0.2) is 5.01 Å². The Morgan fingerprint density at radius 2 is 2.06 bits per heavy atom. The molecule has 1 aromatic rings. The minimum atomic E-state index is 0.250. The van der Waals surface area contributed by atoms with E-state index >= 15 is 0 Å². The molecule has 0 saturated carbocycles. The van der Waals surface area contributed by atoms with Crippen molar-refractivity contribution in [3.05, 3.63) is 58.9 Å². The Hall–Kier alpha value is -1.41. The van der Waals surface area contributed by atoms with Crippen molar-refractivity contribution in [2.75, 3.05) is 0 Å². The van der Waals surface area contributed by atoms with Crippen LogP contribution in [0.1, 0.15) is 24.1 Å². The summed E-state index contributed by atoms with van der Waals surface area (Å²) in [6, 6.07) is 8.63. The Morgan fingerprint density at radius 3 is 2.75 bits per heavy atom. The summed E-state index contributed by atoms with van der Waals surface area (Å²) >= 11 is 5.94. The number of allylic oxidation sites excluding steroid dienone is 2. The summed E-state index contributed by atoms with van der Waals surface area (Å²) in [7, 11) is 0. The first kappa shape index (κ1) is 11.1. The Morgan fingerprint density at radius 1 is 1.31 bits per heavy atom. The van der Waals surface area contributed by atoms with Crippen LogP contribution in [0.3, 0.4) is 0 Å². The van der Waals surface area contributed by atoms with Crippen molar-refractivity contribution in [2.45, 2.75) is 19.9 Å². The number of benzene rings is 1. The molecule has 1 atom stereocenters. The fraction of sp³-hybridized carbons (Fsp3) is 0.231. The van der Waals surface area contributed by atoms with Gasteiger partial charge in [0.25, 0.3) is 0 Å². The minimum Gasteiger partial charge on any atom is -0.288 e. The van der Waals surface area contributed by atoms with Gasteiger partial charge in [-0.2, -0.15) is 0 Å². The third kappa shape index (κ3) is 2.22. The predicted octanol–water partition coefficient (Wildman–Crippen LogP) is 3.47. The number of nitrogens with one attached hydrogen (secondary N) is 1. The number of aryl methyl sites for hydroxylation is 1. The maximum Gasteiger partial charge on any atom is 0.120 e. The molecule has 1 unspecified atom stereocenters. The van der Waals surface area contributed by atoms with E-state index in [-0.39, 0.29) is 6.04 Å². The predicted molar refractivity (Wildman–Crippen MR) is 67.6 cm³/mol. The zero-order valence-corrected chi connectivity index (χ0v) is 10.2. The largest absolute Gasteiger partial charge is 0.288 e. The van der Waals surface area contributed by atoms with Crippen molar-refractivity contribution in [1.82, 2.24) is 10.4 Å². The van der Waals surface area contributed by atoms with E-state index in [1.165, 1.54) is 11.1 Å². The second kappa shape index (κ2) is 4.62. The molecule has 1 aromatic carbocycles. The van der Waals surface area contributed by atoms with Gasteiger partial charge in [0, 0.05) is 6.20 Å². The summed E-state index contributed by atoms with van der Waals surface area (Å²) in [6.07, 6.45) is 5.76. The van der Waals surface area contributed by atoms with Gasteiger partial charge in [-0.15, -0.1) is 0 Å². The van der Waals surface area contributed by atoms with Gasteiger partial charge in [-0.3, -0.25) is 10.4 Å². The van der Waals surface area contributed by atoms with Crippen LogP contribution in [-0.2, 0) is 0 Å². The van der Waals surface area contributed by atoms with E-state index in [1.807, 2.05) is 23.4 Å². The van der Waals surface area contributed by atoms with E-state index in [1.54, 1.807) is 0 Å². The molecule has 3 heteroatoms. The maximum atomic E-state index is 5.94. The number of nitrogens with zero attached hydrogens (tertiary/aromatic N) is 1. The summed E-state index contributed by atoms with van der Waals surface area (Å²) < 4.78 is 0. The van der Waals surface area contributed by atoms with Gasteiger partial charge >= 0.3 is 0 Å². The normalized spacial score (nSPS) is 16.7. The van der Waals surface area contributed by atoms with Crippen molar-refractivity contribution in [2.24, 2.45) is 0 Å². The van der Waals surface area contributed by atoms with Gasteiger partial charge in [-0.1, -0.05) is 35.9 Å². The molecule has 0 spiro atoms. The van der Waals surface area contributed by atoms with Gasteiger partial charge in [0.15, 0.2) is 0 Å². The Balaban J connectivity index is 2.20. The van der Waals surface area contributed by atoms with Crippen molar-refractivity contribution in [3.63, 3.8) is 0 Å². The molecular formula is C13H15ClN2. The third-order valence-electron chi connectivity index (χ3n) is 2.78. The highest BCUT2D eigenvalue weighted by molar-refractivity contribution is 6.29. The van der Waals surface area contributed by atoms with Crippen molar-refractivity contribution < 1.29 is 0 Å². The van der Waals surface area contributed by atoms with Crippen LogP contribution in [0, 0.1) is 6.92 Å². The summed E-state index contributed by atoms with van der Waals surface area (Å²) in [5, 5.41) is 2.65. The molecule has 2 nitrogen and oxygen atoms in total. The molecule has 2 rings (SSSR count). The zero-order valence-electron chi connectivity index (χ0n) is 9.44. The highest BCUT2D eigenvalue weighted by Crippen LogP contribution is 2.24. The molecule has 0 fully saturated rings. The molecule has 1 aliphatic rings. The number of hydrogen-bond donors (Lipinski definition) is 1. The molecule has 1 N–H and O–H groups in total.